The molecule has 1 unspecified atom stereocenters. The van der Waals surface area contributed by atoms with Crippen molar-refractivity contribution in [2.45, 2.75) is 50.5 Å². The molecule has 0 spiro atoms. The van der Waals surface area contributed by atoms with E-state index in [2.05, 4.69) is 10.1 Å². The highest BCUT2D eigenvalue weighted by Crippen LogP contribution is 2.32. The predicted molar refractivity (Wildman–Crippen MR) is 63.5 cm³/mol. The minimum Gasteiger partial charge on any atom is -0.382 e. The van der Waals surface area contributed by atoms with Gasteiger partial charge < -0.3 is 15.0 Å². The van der Waals surface area contributed by atoms with Crippen molar-refractivity contribution >= 4 is 0 Å². The third-order valence-electron chi connectivity index (χ3n) is 3.35. The maximum Gasteiger partial charge on any atom is 0.229 e. The highest BCUT2D eigenvalue weighted by molar-refractivity contribution is 5.04. The molecule has 1 aliphatic rings. The Morgan fingerprint density at radius 3 is 2.76 bits per heavy atom. The second-order valence-corrected chi connectivity index (χ2v) is 5.14. The molecular formula is C12H21N3O2. The third kappa shape index (κ3) is 2.84. The SMILES string of the molecule is COCC(C)(N)c1noc(C2CCCCC2)n1. The van der Waals surface area contributed by atoms with E-state index in [0.29, 0.717) is 18.3 Å². The molecule has 1 saturated carbocycles. The van der Waals surface area contributed by atoms with Crippen molar-refractivity contribution in [3.8, 4) is 0 Å². The summed E-state index contributed by atoms with van der Waals surface area (Å²) in [5.74, 6) is 1.70. The molecule has 0 amide bonds. The predicted octanol–water partition coefficient (Wildman–Crippen LogP) is 1.94. The normalized spacial score (nSPS) is 21.4. The first-order valence-corrected chi connectivity index (χ1v) is 6.25. The third-order valence-corrected chi connectivity index (χ3v) is 3.35. The van der Waals surface area contributed by atoms with Gasteiger partial charge in [-0.2, -0.15) is 4.98 Å². The Balaban J connectivity index is 2.09. The highest BCUT2D eigenvalue weighted by atomic mass is 16.5. The molecule has 1 aromatic rings. The lowest BCUT2D eigenvalue weighted by molar-refractivity contribution is 0.135. The molecule has 1 aromatic heterocycles. The lowest BCUT2D eigenvalue weighted by Gasteiger charge is -2.19. The second-order valence-electron chi connectivity index (χ2n) is 5.14. The van der Waals surface area contributed by atoms with Gasteiger partial charge in [0, 0.05) is 13.0 Å². The molecule has 0 saturated heterocycles. The van der Waals surface area contributed by atoms with Crippen LogP contribution in [0.4, 0.5) is 0 Å². The number of hydrogen-bond donors (Lipinski definition) is 1. The van der Waals surface area contributed by atoms with Crippen molar-refractivity contribution in [3.63, 3.8) is 0 Å². The number of hydrogen-bond acceptors (Lipinski definition) is 5. The van der Waals surface area contributed by atoms with E-state index in [0.717, 1.165) is 18.7 Å². The fraction of sp³-hybridized carbons (Fsp3) is 0.833. The minimum atomic E-state index is -0.675. The van der Waals surface area contributed by atoms with Crippen LogP contribution in [0.15, 0.2) is 4.52 Å². The topological polar surface area (TPSA) is 74.2 Å². The van der Waals surface area contributed by atoms with E-state index in [1.54, 1.807) is 7.11 Å². The number of rotatable bonds is 4. The summed E-state index contributed by atoms with van der Waals surface area (Å²) in [6.45, 7) is 2.24. The van der Waals surface area contributed by atoms with Gasteiger partial charge in [-0.1, -0.05) is 24.4 Å². The summed E-state index contributed by atoms with van der Waals surface area (Å²) in [6.07, 6.45) is 6.11. The zero-order valence-electron chi connectivity index (χ0n) is 10.6. The molecule has 0 aromatic carbocycles. The van der Waals surface area contributed by atoms with Crippen molar-refractivity contribution in [1.29, 1.82) is 0 Å². The van der Waals surface area contributed by atoms with Gasteiger partial charge in [0.05, 0.1) is 6.61 Å². The molecule has 0 bridgehead atoms. The van der Waals surface area contributed by atoms with Crippen molar-refractivity contribution in [3.05, 3.63) is 11.7 Å². The van der Waals surface area contributed by atoms with Crippen LogP contribution < -0.4 is 5.73 Å². The minimum absolute atomic E-state index is 0.386. The maximum atomic E-state index is 6.08. The summed E-state index contributed by atoms with van der Waals surface area (Å²) in [4.78, 5) is 4.44. The molecule has 96 valence electrons. The Labute approximate surface area is 102 Å². The smallest absolute Gasteiger partial charge is 0.229 e. The molecule has 5 heteroatoms. The van der Waals surface area contributed by atoms with Crippen molar-refractivity contribution in [2.75, 3.05) is 13.7 Å². The summed E-state index contributed by atoms with van der Waals surface area (Å²) in [5.41, 5.74) is 5.41. The van der Waals surface area contributed by atoms with Crippen molar-refractivity contribution in [2.24, 2.45) is 5.73 Å². The van der Waals surface area contributed by atoms with Gasteiger partial charge in [-0.25, -0.2) is 0 Å². The Bertz CT molecular complexity index is 356. The lowest BCUT2D eigenvalue weighted by atomic mass is 9.89. The van der Waals surface area contributed by atoms with Crippen LogP contribution in [0.2, 0.25) is 0 Å². The van der Waals surface area contributed by atoms with E-state index in [4.69, 9.17) is 15.0 Å². The van der Waals surface area contributed by atoms with Crippen LogP contribution in [0.25, 0.3) is 0 Å². The summed E-state index contributed by atoms with van der Waals surface area (Å²) in [5, 5.41) is 3.99. The van der Waals surface area contributed by atoms with Gasteiger partial charge in [0.25, 0.3) is 0 Å². The molecule has 1 heterocycles. The van der Waals surface area contributed by atoms with E-state index in [9.17, 15) is 0 Å². The van der Waals surface area contributed by atoms with Crippen molar-refractivity contribution in [1.82, 2.24) is 10.1 Å². The van der Waals surface area contributed by atoms with E-state index >= 15 is 0 Å². The summed E-state index contributed by atoms with van der Waals surface area (Å²) in [7, 11) is 1.62. The fourth-order valence-electron chi connectivity index (χ4n) is 2.35. The van der Waals surface area contributed by atoms with Crippen molar-refractivity contribution < 1.29 is 9.26 Å². The first-order chi connectivity index (χ1) is 8.13. The van der Waals surface area contributed by atoms with Gasteiger partial charge in [-0.3, -0.25) is 0 Å². The summed E-state index contributed by atoms with van der Waals surface area (Å²) in [6, 6.07) is 0. The van der Waals surface area contributed by atoms with E-state index in [1.165, 1.54) is 19.3 Å². The summed E-state index contributed by atoms with van der Waals surface area (Å²) >= 11 is 0. The van der Waals surface area contributed by atoms with Crippen LogP contribution in [0.1, 0.15) is 56.7 Å². The van der Waals surface area contributed by atoms with Gasteiger partial charge in [0.2, 0.25) is 5.89 Å². The van der Waals surface area contributed by atoms with Gasteiger partial charge in [-0.15, -0.1) is 0 Å². The quantitative estimate of drug-likeness (QED) is 0.869. The number of methoxy groups -OCH3 is 1. The number of ether oxygens (including phenoxy) is 1. The average molecular weight is 239 g/mol. The molecule has 0 radical (unpaired) electrons. The van der Waals surface area contributed by atoms with E-state index in [1.807, 2.05) is 6.92 Å². The Morgan fingerprint density at radius 1 is 1.41 bits per heavy atom. The zero-order valence-corrected chi connectivity index (χ0v) is 10.6. The van der Waals surface area contributed by atoms with Gasteiger partial charge in [0.1, 0.15) is 5.54 Å². The summed E-state index contributed by atoms with van der Waals surface area (Å²) < 4.78 is 10.4. The Morgan fingerprint density at radius 2 is 2.12 bits per heavy atom. The monoisotopic (exact) mass is 239 g/mol. The van der Waals surface area contributed by atoms with E-state index in [-0.39, 0.29) is 0 Å². The van der Waals surface area contributed by atoms with Gasteiger partial charge >= 0.3 is 0 Å². The molecule has 0 aliphatic heterocycles. The lowest BCUT2D eigenvalue weighted by Crippen LogP contribution is -2.39. The van der Waals surface area contributed by atoms with Crippen LogP contribution in [-0.2, 0) is 10.3 Å². The molecule has 1 fully saturated rings. The second kappa shape index (κ2) is 5.14. The molecular weight excluding hydrogens is 218 g/mol. The molecule has 2 N–H and O–H groups in total. The largest absolute Gasteiger partial charge is 0.382 e. The fourth-order valence-corrected chi connectivity index (χ4v) is 2.35. The zero-order chi connectivity index (χ0) is 12.3. The van der Waals surface area contributed by atoms with Crippen LogP contribution in [-0.4, -0.2) is 23.9 Å². The van der Waals surface area contributed by atoms with Crippen LogP contribution in [0, 0.1) is 0 Å². The number of nitrogens with zero attached hydrogens (tertiary/aromatic N) is 2. The van der Waals surface area contributed by atoms with Crippen LogP contribution in [0.3, 0.4) is 0 Å². The molecule has 1 aliphatic carbocycles. The number of aromatic nitrogens is 2. The first kappa shape index (κ1) is 12.5. The number of nitrogens with two attached hydrogens (primary N) is 1. The van der Waals surface area contributed by atoms with E-state index < -0.39 is 5.54 Å². The maximum absolute atomic E-state index is 6.08. The Hall–Kier alpha value is -0.940. The average Bonchev–Trinajstić information content (AvgIpc) is 2.80. The molecule has 1 atom stereocenters. The Kier molecular flexibility index (Phi) is 3.79. The highest BCUT2D eigenvalue weighted by Gasteiger charge is 2.29. The first-order valence-electron chi connectivity index (χ1n) is 6.25. The molecule has 17 heavy (non-hydrogen) atoms. The molecule has 2 rings (SSSR count). The van der Waals surface area contributed by atoms with Crippen LogP contribution >= 0.6 is 0 Å². The standard InChI is InChI=1S/C12H21N3O2/c1-12(13,8-16-2)11-14-10(17-15-11)9-6-4-3-5-7-9/h9H,3-8,13H2,1-2H3. The van der Waals surface area contributed by atoms with Crippen LogP contribution in [0.5, 0.6) is 0 Å². The molecule has 5 nitrogen and oxygen atoms in total. The van der Waals surface area contributed by atoms with Gasteiger partial charge in [0.15, 0.2) is 5.82 Å². The van der Waals surface area contributed by atoms with Gasteiger partial charge in [-0.05, 0) is 19.8 Å².